The molecular weight excluding hydrogens is 301 g/mol. The summed E-state index contributed by atoms with van der Waals surface area (Å²) in [6.45, 7) is 0.0723. The number of ether oxygens (including phenoxy) is 1. The standard InChI is InChI=1S/C14H15ClFNO2S/c1-19-11-5-6-20-14(11)13(18)8(7-17)12-9(15)3-2-4-10(12)16/h2-6,8,13,18H,7,17H2,1H3. The lowest BCUT2D eigenvalue weighted by Crippen LogP contribution is -2.21. The molecule has 0 bridgehead atoms. The van der Waals surface area contributed by atoms with Crippen molar-refractivity contribution in [2.24, 2.45) is 5.73 Å². The van der Waals surface area contributed by atoms with Gasteiger partial charge < -0.3 is 15.6 Å². The highest BCUT2D eigenvalue weighted by atomic mass is 35.5. The quantitative estimate of drug-likeness (QED) is 0.890. The molecule has 3 nitrogen and oxygen atoms in total. The lowest BCUT2D eigenvalue weighted by molar-refractivity contribution is 0.146. The number of hydrogen-bond acceptors (Lipinski definition) is 4. The van der Waals surface area contributed by atoms with Crippen molar-refractivity contribution >= 4 is 22.9 Å². The summed E-state index contributed by atoms with van der Waals surface area (Å²) in [6.07, 6.45) is -0.968. The molecule has 0 amide bonds. The second kappa shape index (κ2) is 6.54. The van der Waals surface area contributed by atoms with Crippen LogP contribution in [0.5, 0.6) is 5.75 Å². The van der Waals surface area contributed by atoms with Gasteiger partial charge in [-0.25, -0.2) is 4.39 Å². The summed E-state index contributed by atoms with van der Waals surface area (Å²) in [6, 6.07) is 6.16. The second-order valence-electron chi connectivity index (χ2n) is 4.28. The molecule has 3 N–H and O–H groups in total. The Morgan fingerprint density at radius 3 is 2.80 bits per heavy atom. The van der Waals surface area contributed by atoms with E-state index in [1.807, 2.05) is 0 Å². The minimum absolute atomic E-state index is 0.0723. The monoisotopic (exact) mass is 315 g/mol. The Bertz CT molecular complexity index is 570. The number of aliphatic hydroxyl groups is 1. The maximum atomic E-state index is 14.0. The van der Waals surface area contributed by atoms with Crippen molar-refractivity contribution in [1.82, 2.24) is 0 Å². The molecule has 2 aromatic rings. The van der Waals surface area contributed by atoms with Crippen LogP contribution in [0.2, 0.25) is 5.02 Å². The Labute approximate surface area is 125 Å². The Kier molecular flexibility index (Phi) is 4.99. The molecule has 0 aliphatic rings. The molecule has 1 aromatic heterocycles. The zero-order valence-corrected chi connectivity index (χ0v) is 12.4. The molecule has 20 heavy (non-hydrogen) atoms. The number of aliphatic hydroxyl groups excluding tert-OH is 1. The van der Waals surface area contributed by atoms with Gasteiger partial charge in [0.1, 0.15) is 17.7 Å². The summed E-state index contributed by atoms with van der Waals surface area (Å²) in [7, 11) is 1.52. The molecule has 0 radical (unpaired) electrons. The minimum Gasteiger partial charge on any atom is -0.495 e. The number of hydrogen-bond donors (Lipinski definition) is 2. The van der Waals surface area contributed by atoms with Crippen molar-refractivity contribution in [2.75, 3.05) is 13.7 Å². The van der Waals surface area contributed by atoms with Crippen LogP contribution in [0.1, 0.15) is 22.5 Å². The topological polar surface area (TPSA) is 55.5 Å². The zero-order valence-electron chi connectivity index (χ0n) is 10.8. The average Bonchev–Trinajstić information content (AvgIpc) is 2.90. The summed E-state index contributed by atoms with van der Waals surface area (Å²) in [4.78, 5) is 0.613. The fourth-order valence-electron chi connectivity index (χ4n) is 2.15. The number of benzene rings is 1. The molecule has 108 valence electrons. The number of thiophene rings is 1. The highest BCUT2D eigenvalue weighted by molar-refractivity contribution is 7.10. The van der Waals surface area contributed by atoms with Crippen LogP contribution in [-0.2, 0) is 0 Å². The molecule has 1 aromatic carbocycles. The third-order valence-electron chi connectivity index (χ3n) is 3.15. The fraction of sp³-hybridized carbons (Fsp3) is 0.286. The number of methoxy groups -OCH3 is 1. The first-order chi connectivity index (χ1) is 9.60. The van der Waals surface area contributed by atoms with E-state index < -0.39 is 17.8 Å². The van der Waals surface area contributed by atoms with Gasteiger partial charge in [-0.05, 0) is 23.6 Å². The summed E-state index contributed by atoms with van der Waals surface area (Å²) in [5.74, 6) is -0.535. The van der Waals surface area contributed by atoms with Gasteiger partial charge >= 0.3 is 0 Å². The van der Waals surface area contributed by atoms with E-state index in [2.05, 4.69) is 0 Å². The summed E-state index contributed by atoms with van der Waals surface area (Å²) < 4.78 is 19.2. The molecule has 2 unspecified atom stereocenters. The first kappa shape index (κ1) is 15.3. The minimum atomic E-state index is -0.968. The van der Waals surface area contributed by atoms with Gasteiger partial charge in [-0.2, -0.15) is 0 Å². The Hall–Kier alpha value is -1.14. The molecule has 0 saturated carbocycles. The first-order valence-electron chi connectivity index (χ1n) is 6.03. The number of rotatable bonds is 5. The molecule has 0 aliphatic heterocycles. The van der Waals surface area contributed by atoms with E-state index in [-0.39, 0.29) is 17.1 Å². The van der Waals surface area contributed by atoms with Gasteiger partial charge in [-0.15, -0.1) is 11.3 Å². The van der Waals surface area contributed by atoms with Gasteiger partial charge in [0.05, 0.1) is 12.0 Å². The molecule has 6 heteroatoms. The van der Waals surface area contributed by atoms with Crippen LogP contribution >= 0.6 is 22.9 Å². The van der Waals surface area contributed by atoms with Crippen molar-refractivity contribution in [3.63, 3.8) is 0 Å². The number of halogens is 2. The SMILES string of the molecule is COc1ccsc1C(O)C(CN)c1c(F)cccc1Cl. The molecule has 0 fully saturated rings. The zero-order chi connectivity index (χ0) is 14.7. The van der Waals surface area contributed by atoms with Crippen LogP contribution in [0.15, 0.2) is 29.6 Å². The lowest BCUT2D eigenvalue weighted by atomic mass is 9.91. The number of nitrogens with two attached hydrogens (primary N) is 1. The second-order valence-corrected chi connectivity index (χ2v) is 5.63. The van der Waals surface area contributed by atoms with Crippen LogP contribution in [-0.4, -0.2) is 18.8 Å². The van der Waals surface area contributed by atoms with E-state index in [0.29, 0.717) is 10.6 Å². The van der Waals surface area contributed by atoms with E-state index in [4.69, 9.17) is 22.1 Å². The summed E-state index contributed by atoms with van der Waals surface area (Å²) in [5.41, 5.74) is 5.96. The van der Waals surface area contributed by atoms with Crippen molar-refractivity contribution in [2.45, 2.75) is 12.0 Å². The molecule has 2 rings (SSSR count). The highest BCUT2D eigenvalue weighted by Crippen LogP contribution is 2.41. The third kappa shape index (κ3) is 2.81. The molecule has 0 spiro atoms. The normalized spacial score (nSPS) is 14.1. The highest BCUT2D eigenvalue weighted by Gasteiger charge is 2.29. The lowest BCUT2D eigenvalue weighted by Gasteiger charge is -2.23. The molecule has 1 heterocycles. The smallest absolute Gasteiger partial charge is 0.135 e. The van der Waals surface area contributed by atoms with Gasteiger partial charge in [-0.3, -0.25) is 0 Å². The average molecular weight is 316 g/mol. The van der Waals surface area contributed by atoms with Gasteiger partial charge in [-0.1, -0.05) is 17.7 Å². The van der Waals surface area contributed by atoms with Gasteiger partial charge in [0.2, 0.25) is 0 Å². The fourth-order valence-corrected chi connectivity index (χ4v) is 3.36. The van der Waals surface area contributed by atoms with E-state index in [0.717, 1.165) is 0 Å². The van der Waals surface area contributed by atoms with Crippen LogP contribution < -0.4 is 10.5 Å². The van der Waals surface area contributed by atoms with Crippen molar-refractivity contribution < 1.29 is 14.2 Å². The van der Waals surface area contributed by atoms with E-state index in [9.17, 15) is 9.50 Å². The maximum absolute atomic E-state index is 14.0. The Balaban J connectivity index is 2.42. The van der Waals surface area contributed by atoms with Crippen LogP contribution in [0.25, 0.3) is 0 Å². The molecule has 2 atom stereocenters. The maximum Gasteiger partial charge on any atom is 0.135 e. The first-order valence-corrected chi connectivity index (χ1v) is 7.29. The van der Waals surface area contributed by atoms with Crippen molar-refractivity contribution in [3.05, 3.63) is 50.9 Å². The Morgan fingerprint density at radius 1 is 1.45 bits per heavy atom. The molecular formula is C14H15ClFNO2S. The van der Waals surface area contributed by atoms with Gasteiger partial charge in [0, 0.05) is 23.0 Å². The van der Waals surface area contributed by atoms with Crippen LogP contribution in [0, 0.1) is 5.82 Å². The van der Waals surface area contributed by atoms with E-state index in [1.54, 1.807) is 17.5 Å². The predicted molar refractivity (Wildman–Crippen MR) is 79.0 cm³/mol. The summed E-state index contributed by atoms with van der Waals surface area (Å²) >= 11 is 7.38. The molecule has 0 saturated heterocycles. The molecule has 0 aliphatic carbocycles. The van der Waals surface area contributed by atoms with E-state index >= 15 is 0 Å². The van der Waals surface area contributed by atoms with Gasteiger partial charge in [0.15, 0.2) is 0 Å². The van der Waals surface area contributed by atoms with E-state index in [1.165, 1.54) is 30.6 Å². The van der Waals surface area contributed by atoms with Gasteiger partial charge in [0.25, 0.3) is 0 Å². The summed E-state index contributed by atoms with van der Waals surface area (Å²) in [5, 5.41) is 12.6. The predicted octanol–water partition coefficient (Wildman–Crippen LogP) is 3.33. The third-order valence-corrected chi connectivity index (χ3v) is 4.45. The van der Waals surface area contributed by atoms with Crippen LogP contribution in [0.3, 0.4) is 0 Å². The largest absolute Gasteiger partial charge is 0.495 e. The van der Waals surface area contributed by atoms with Crippen molar-refractivity contribution in [3.8, 4) is 5.75 Å². The Morgan fingerprint density at radius 2 is 2.20 bits per heavy atom. The van der Waals surface area contributed by atoms with Crippen molar-refractivity contribution in [1.29, 1.82) is 0 Å². The van der Waals surface area contributed by atoms with Crippen LogP contribution in [0.4, 0.5) is 4.39 Å².